The zero-order chi connectivity index (χ0) is 10.8. The molecule has 0 aromatic carbocycles. The topological polar surface area (TPSA) is 61.4 Å². The molecule has 2 rings (SSSR count). The molecule has 2 bridgehead atoms. The number of carbonyl (C=O) groups is 1. The normalized spacial score (nSPS) is 35.5. The Morgan fingerprint density at radius 2 is 2.40 bits per heavy atom. The molecular weight excluding hydrogens is 192 g/mol. The first-order valence-electron chi connectivity index (χ1n) is 5.91. The molecule has 3 unspecified atom stereocenters. The van der Waals surface area contributed by atoms with Crippen molar-refractivity contribution in [2.75, 3.05) is 6.61 Å². The van der Waals surface area contributed by atoms with Gasteiger partial charge >= 0.3 is 0 Å². The summed E-state index contributed by atoms with van der Waals surface area (Å²) >= 11 is 0. The molecule has 0 aliphatic carbocycles. The van der Waals surface area contributed by atoms with E-state index in [-0.39, 0.29) is 24.5 Å². The predicted octanol–water partition coefficient (Wildman–Crippen LogP) is 0.0140. The van der Waals surface area contributed by atoms with Gasteiger partial charge in [-0.2, -0.15) is 0 Å². The average Bonchev–Trinajstić information content (AvgIpc) is 2.87. The van der Waals surface area contributed by atoms with Crippen LogP contribution in [-0.4, -0.2) is 35.7 Å². The van der Waals surface area contributed by atoms with Gasteiger partial charge in [0.2, 0.25) is 5.91 Å². The maximum atomic E-state index is 11.9. The maximum Gasteiger partial charge on any atom is 0.225 e. The van der Waals surface area contributed by atoms with E-state index >= 15 is 0 Å². The first kappa shape index (κ1) is 10.9. The summed E-state index contributed by atoms with van der Waals surface area (Å²) in [5, 5.41) is 15.4. The quantitative estimate of drug-likeness (QED) is 0.615. The van der Waals surface area contributed by atoms with Crippen LogP contribution in [0.1, 0.15) is 32.6 Å². The van der Waals surface area contributed by atoms with Gasteiger partial charge in [-0.3, -0.25) is 4.79 Å². The van der Waals surface area contributed by atoms with Crippen LogP contribution in [0.3, 0.4) is 0 Å². The van der Waals surface area contributed by atoms with Gasteiger partial charge in [0.1, 0.15) is 0 Å². The van der Waals surface area contributed by atoms with Crippen molar-refractivity contribution in [2.45, 2.75) is 50.7 Å². The van der Waals surface area contributed by atoms with E-state index in [4.69, 9.17) is 5.11 Å². The van der Waals surface area contributed by atoms with Crippen LogP contribution < -0.4 is 10.6 Å². The highest BCUT2D eigenvalue weighted by molar-refractivity contribution is 5.80. The van der Waals surface area contributed by atoms with Crippen molar-refractivity contribution in [1.82, 2.24) is 10.6 Å². The fourth-order valence-electron chi connectivity index (χ4n) is 2.70. The van der Waals surface area contributed by atoms with E-state index in [2.05, 4.69) is 10.6 Å². The second-order valence-corrected chi connectivity index (χ2v) is 4.69. The van der Waals surface area contributed by atoms with Gasteiger partial charge < -0.3 is 15.7 Å². The van der Waals surface area contributed by atoms with Gasteiger partial charge in [0.05, 0.1) is 18.6 Å². The molecule has 15 heavy (non-hydrogen) atoms. The number of rotatable bonds is 4. The van der Waals surface area contributed by atoms with E-state index in [1.165, 1.54) is 6.42 Å². The SMILES string of the molecule is CC[C@H](CO)NC(=O)C1CC2CCC1N2. The lowest BCUT2D eigenvalue weighted by Gasteiger charge is -2.22. The molecule has 0 spiro atoms. The van der Waals surface area contributed by atoms with Crippen molar-refractivity contribution in [2.24, 2.45) is 5.92 Å². The Labute approximate surface area is 90.4 Å². The van der Waals surface area contributed by atoms with Crippen molar-refractivity contribution in [1.29, 1.82) is 0 Å². The lowest BCUT2D eigenvalue weighted by molar-refractivity contribution is -0.126. The first-order chi connectivity index (χ1) is 7.24. The van der Waals surface area contributed by atoms with Crippen LogP contribution in [0.4, 0.5) is 0 Å². The Morgan fingerprint density at radius 1 is 1.60 bits per heavy atom. The van der Waals surface area contributed by atoms with E-state index in [0.717, 1.165) is 19.3 Å². The molecule has 2 aliphatic heterocycles. The third-order valence-electron chi connectivity index (χ3n) is 3.70. The summed E-state index contributed by atoms with van der Waals surface area (Å²) in [6.45, 7) is 2.01. The number of carbonyl (C=O) groups excluding carboxylic acids is 1. The third kappa shape index (κ3) is 2.16. The van der Waals surface area contributed by atoms with Crippen LogP contribution in [0.5, 0.6) is 0 Å². The highest BCUT2D eigenvalue weighted by Crippen LogP contribution is 2.33. The molecular formula is C11H20N2O2. The summed E-state index contributed by atoms with van der Waals surface area (Å²) < 4.78 is 0. The summed E-state index contributed by atoms with van der Waals surface area (Å²) in [6, 6.07) is 0.864. The van der Waals surface area contributed by atoms with Crippen molar-refractivity contribution >= 4 is 5.91 Å². The number of aliphatic hydroxyl groups excluding tert-OH is 1. The molecule has 86 valence electrons. The van der Waals surface area contributed by atoms with Crippen LogP contribution in [-0.2, 0) is 4.79 Å². The Bertz CT molecular complexity index is 241. The van der Waals surface area contributed by atoms with Crippen LogP contribution in [0, 0.1) is 5.92 Å². The summed E-state index contributed by atoms with van der Waals surface area (Å²) in [5.74, 6) is 0.250. The molecule has 0 radical (unpaired) electrons. The minimum atomic E-state index is -0.0726. The molecule has 1 amide bonds. The molecule has 4 nitrogen and oxygen atoms in total. The second-order valence-electron chi connectivity index (χ2n) is 4.69. The highest BCUT2D eigenvalue weighted by Gasteiger charge is 2.42. The van der Waals surface area contributed by atoms with Crippen LogP contribution >= 0.6 is 0 Å². The fraction of sp³-hybridized carbons (Fsp3) is 0.909. The Morgan fingerprint density at radius 3 is 2.87 bits per heavy atom. The smallest absolute Gasteiger partial charge is 0.225 e. The fourth-order valence-corrected chi connectivity index (χ4v) is 2.70. The standard InChI is InChI=1S/C11H20N2O2/c1-2-7(6-14)13-11(15)9-5-8-3-4-10(9)12-8/h7-10,12,14H,2-6H2,1H3,(H,13,15)/t7-,8?,9?,10?/m1/s1. The van der Waals surface area contributed by atoms with E-state index < -0.39 is 0 Å². The van der Waals surface area contributed by atoms with Crippen LogP contribution in [0.15, 0.2) is 0 Å². The van der Waals surface area contributed by atoms with Crippen molar-refractivity contribution in [3.63, 3.8) is 0 Å². The van der Waals surface area contributed by atoms with Crippen molar-refractivity contribution in [3.8, 4) is 0 Å². The minimum Gasteiger partial charge on any atom is -0.394 e. The number of hydrogen-bond acceptors (Lipinski definition) is 3. The molecule has 2 heterocycles. The summed E-state index contributed by atoms with van der Waals surface area (Å²) in [5.41, 5.74) is 0. The second kappa shape index (κ2) is 4.49. The Kier molecular flexibility index (Phi) is 3.26. The van der Waals surface area contributed by atoms with Gasteiger partial charge in [-0.15, -0.1) is 0 Å². The monoisotopic (exact) mass is 212 g/mol. The van der Waals surface area contributed by atoms with E-state index in [1.807, 2.05) is 6.92 Å². The van der Waals surface area contributed by atoms with Gasteiger partial charge in [0.15, 0.2) is 0 Å². The highest BCUT2D eigenvalue weighted by atomic mass is 16.3. The molecule has 0 aromatic rings. The molecule has 3 N–H and O–H groups in total. The van der Waals surface area contributed by atoms with Crippen molar-refractivity contribution in [3.05, 3.63) is 0 Å². The van der Waals surface area contributed by atoms with E-state index in [1.54, 1.807) is 0 Å². The van der Waals surface area contributed by atoms with Gasteiger partial charge in [-0.05, 0) is 25.7 Å². The number of hydrogen-bond donors (Lipinski definition) is 3. The van der Waals surface area contributed by atoms with Crippen molar-refractivity contribution < 1.29 is 9.90 Å². The number of amides is 1. The Balaban J connectivity index is 1.86. The molecule has 4 heteroatoms. The molecule has 2 saturated heterocycles. The third-order valence-corrected chi connectivity index (χ3v) is 3.70. The molecule has 0 aromatic heterocycles. The lowest BCUT2D eigenvalue weighted by Crippen LogP contribution is -2.44. The zero-order valence-electron chi connectivity index (χ0n) is 9.20. The van der Waals surface area contributed by atoms with Gasteiger partial charge in [0.25, 0.3) is 0 Å². The average molecular weight is 212 g/mol. The molecule has 2 fully saturated rings. The van der Waals surface area contributed by atoms with Gasteiger partial charge in [-0.1, -0.05) is 6.92 Å². The molecule has 4 atom stereocenters. The minimum absolute atomic E-state index is 0.0382. The number of fused-ring (bicyclic) bond motifs is 2. The van der Waals surface area contributed by atoms with Crippen LogP contribution in [0.2, 0.25) is 0 Å². The lowest BCUT2D eigenvalue weighted by atomic mass is 9.88. The zero-order valence-corrected chi connectivity index (χ0v) is 9.20. The van der Waals surface area contributed by atoms with Crippen LogP contribution in [0.25, 0.3) is 0 Å². The number of aliphatic hydroxyl groups is 1. The maximum absolute atomic E-state index is 11.9. The predicted molar refractivity (Wildman–Crippen MR) is 57.4 cm³/mol. The summed E-state index contributed by atoms with van der Waals surface area (Å²) in [4.78, 5) is 11.9. The number of nitrogens with one attached hydrogen (secondary N) is 2. The van der Waals surface area contributed by atoms with E-state index in [9.17, 15) is 4.79 Å². The summed E-state index contributed by atoms with van der Waals surface area (Å²) in [7, 11) is 0. The van der Waals surface area contributed by atoms with Gasteiger partial charge in [0, 0.05) is 12.1 Å². The Hall–Kier alpha value is -0.610. The molecule has 0 saturated carbocycles. The summed E-state index contributed by atoms with van der Waals surface area (Å²) in [6.07, 6.45) is 4.10. The molecule has 2 aliphatic rings. The van der Waals surface area contributed by atoms with E-state index in [0.29, 0.717) is 12.1 Å². The largest absolute Gasteiger partial charge is 0.394 e. The van der Waals surface area contributed by atoms with Gasteiger partial charge in [-0.25, -0.2) is 0 Å². The first-order valence-corrected chi connectivity index (χ1v) is 5.91.